The van der Waals surface area contributed by atoms with Gasteiger partial charge in [0.15, 0.2) is 0 Å². The number of esters is 1. The molecule has 0 amide bonds. The van der Waals surface area contributed by atoms with Gasteiger partial charge in [-0.15, -0.1) is 0 Å². The zero-order valence-corrected chi connectivity index (χ0v) is 12.8. The van der Waals surface area contributed by atoms with Gasteiger partial charge in [-0.05, 0) is 25.5 Å². The number of hydrogen-bond donors (Lipinski definition) is 0. The van der Waals surface area contributed by atoms with Crippen LogP contribution in [0.1, 0.15) is 25.3 Å². The van der Waals surface area contributed by atoms with Crippen molar-refractivity contribution in [3.63, 3.8) is 0 Å². The fourth-order valence-corrected chi connectivity index (χ4v) is 2.94. The van der Waals surface area contributed by atoms with Crippen molar-refractivity contribution in [3.8, 4) is 0 Å². The Morgan fingerprint density at radius 2 is 2.14 bits per heavy atom. The smallest absolute Gasteiger partial charge is 0.306 e. The molecule has 0 aromatic heterocycles. The van der Waals surface area contributed by atoms with Gasteiger partial charge in [0.25, 0.3) is 0 Å². The van der Waals surface area contributed by atoms with Crippen LogP contribution in [-0.2, 0) is 16.1 Å². The molecular weight excluding hydrogens is 284 g/mol. The highest BCUT2D eigenvalue weighted by molar-refractivity contribution is 5.69. The fourth-order valence-electron chi connectivity index (χ4n) is 2.94. The van der Waals surface area contributed by atoms with E-state index in [2.05, 4.69) is 4.90 Å². The lowest BCUT2D eigenvalue weighted by Crippen LogP contribution is -2.47. The molecule has 2 rings (SSSR count). The van der Waals surface area contributed by atoms with E-state index in [-0.39, 0.29) is 23.2 Å². The zero-order valence-electron chi connectivity index (χ0n) is 12.8. The summed E-state index contributed by atoms with van der Waals surface area (Å²) in [6.45, 7) is 3.91. The SMILES string of the molecule is CCOC(=O)C[C@H]1CCN(Cc2ccccc2)C[C@@H]1[N+](=O)[O-]. The van der Waals surface area contributed by atoms with Crippen LogP contribution in [0.3, 0.4) is 0 Å². The summed E-state index contributed by atoms with van der Waals surface area (Å²) in [5.74, 6) is -0.572. The minimum Gasteiger partial charge on any atom is -0.466 e. The quantitative estimate of drug-likeness (QED) is 0.457. The van der Waals surface area contributed by atoms with Gasteiger partial charge in [0.1, 0.15) is 0 Å². The lowest BCUT2D eigenvalue weighted by molar-refractivity contribution is -0.536. The maximum atomic E-state index is 11.6. The molecule has 1 aliphatic rings. The molecule has 0 bridgehead atoms. The number of nitrogens with zero attached hydrogens (tertiary/aromatic N) is 2. The largest absolute Gasteiger partial charge is 0.466 e. The maximum Gasteiger partial charge on any atom is 0.306 e. The van der Waals surface area contributed by atoms with Gasteiger partial charge in [0.2, 0.25) is 6.04 Å². The maximum absolute atomic E-state index is 11.6. The van der Waals surface area contributed by atoms with E-state index in [0.29, 0.717) is 26.1 Å². The highest BCUT2D eigenvalue weighted by Crippen LogP contribution is 2.25. The molecule has 0 radical (unpaired) electrons. The van der Waals surface area contributed by atoms with E-state index >= 15 is 0 Å². The molecule has 120 valence electrons. The van der Waals surface area contributed by atoms with Crippen molar-refractivity contribution in [2.75, 3.05) is 19.7 Å². The number of carbonyl (C=O) groups excluding carboxylic acids is 1. The molecule has 0 aliphatic carbocycles. The number of nitro groups is 1. The Balaban J connectivity index is 1.95. The van der Waals surface area contributed by atoms with Crippen molar-refractivity contribution in [1.82, 2.24) is 4.90 Å². The first-order valence-electron chi connectivity index (χ1n) is 7.65. The summed E-state index contributed by atoms with van der Waals surface area (Å²) in [4.78, 5) is 24.8. The van der Waals surface area contributed by atoms with Crippen molar-refractivity contribution in [2.24, 2.45) is 5.92 Å². The summed E-state index contributed by atoms with van der Waals surface area (Å²) < 4.78 is 4.92. The number of rotatable bonds is 6. The van der Waals surface area contributed by atoms with E-state index < -0.39 is 6.04 Å². The van der Waals surface area contributed by atoms with Crippen LogP contribution >= 0.6 is 0 Å². The van der Waals surface area contributed by atoms with Crippen LogP contribution in [0.5, 0.6) is 0 Å². The van der Waals surface area contributed by atoms with Crippen LogP contribution in [0, 0.1) is 16.0 Å². The predicted molar refractivity (Wildman–Crippen MR) is 81.9 cm³/mol. The van der Waals surface area contributed by atoms with Gasteiger partial charge in [-0.2, -0.15) is 0 Å². The van der Waals surface area contributed by atoms with E-state index in [0.717, 1.165) is 12.1 Å². The Labute approximate surface area is 130 Å². The zero-order chi connectivity index (χ0) is 15.9. The van der Waals surface area contributed by atoms with E-state index in [4.69, 9.17) is 4.74 Å². The number of carbonyl (C=O) groups is 1. The first kappa shape index (κ1) is 16.4. The molecule has 1 aromatic rings. The minimum atomic E-state index is -0.707. The van der Waals surface area contributed by atoms with Crippen molar-refractivity contribution < 1.29 is 14.5 Å². The van der Waals surface area contributed by atoms with Crippen LogP contribution in [0.4, 0.5) is 0 Å². The highest BCUT2D eigenvalue weighted by Gasteiger charge is 2.38. The third-order valence-electron chi connectivity index (χ3n) is 4.06. The third-order valence-corrected chi connectivity index (χ3v) is 4.06. The summed E-state index contributed by atoms with van der Waals surface area (Å²) in [7, 11) is 0. The summed E-state index contributed by atoms with van der Waals surface area (Å²) in [6.07, 6.45) is 0.788. The fraction of sp³-hybridized carbons (Fsp3) is 0.562. The van der Waals surface area contributed by atoms with Crippen LogP contribution in [0.15, 0.2) is 30.3 Å². The number of piperidine rings is 1. The Morgan fingerprint density at radius 1 is 1.41 bits per heavy atom. The number of ether oxygens (including phenoxy) is 1. The molecule has 1 aromatic carbocycles. The van der Waals surface area contributed by atoms with Gasteiger partial charge in [-0.1, -0.05) is 30.3 Å². The Kier molecular flexibility index (Phi) is 5.89. The average Bonchev–Trinajstić information content (AvgIpc) is 2.50. The van der Waals surface area contributed by atoms with Crippen molar-refractivity contribution in [1.29, 1.82) is 0 Å². The lowest BCUT2D eigenvalue weighted by atomic mass is 9.89. The molecular formula is C16H22N2O4. The Hall–Kier alpha value is -1.95. The molecule has 6 nitrogen and oxygen atoms in total. The van der Waals surface area contributed by atoms with E-state index in [1.165, 1.54) is 0 Å². The average molecular weight is 306 g/mol. The highest BCUT2D eigenvalue weighted by atomic mass is 16.6. The number of benzene rings is 1. The topological polar surface area (TPSA) is 72.7 Å². The summed E-state index contributed by atoms with van der Waals surface area (Å²) in [6, 6.07) is 9.22. The first-order chi connectivity index (χ1) is 10.6. The lowest BCUT2D eigenvalue weighted by Gasteiger charge is -2.33. The van der Waals surface area contributed by atoms with Crippen LogP contribution in [-0.4, -0.2) is 41.5 Å². The predicted octanol–water partition coefficient (Wildman–Crippen LogP) is 2.11. The van der Waals surface area contributed by atoms with Crippen LogP contribution in [0.25, 0.3) is 0 Å². The van der Waals surface area contributed by atoms with Crippen LogP contribution in [0.2, 0.25) is 0 Å². The van der Waals surface area contributed by atoms with Gasteiger partial charge in [0, 0.05) is 17.4 Å². The van der Waals surface area contributed by atoms with Crippen LogP contribution < -0.4 is 0 Å². The second kappa shape index (κ2) is 7.89. The second-order valence-electron chi connectivity index (χ2n) is 5.63. The molecule has 1 saturated heterocycles. The van der Waals surface area contributed by atoms with E-state index in [1.807, 2.05) is 30.3 Å². The molecule has 1 fully saturated rings. The van der Waals surface area contributed by atoms with E-state index in [9.17, 15) is 14.9 Å². The molecule has 22 heavy (non-hydrogen) atoms. The van der Waals surface area contributed by atoms with Gasteiger partial charge in [0.05, 0.1) is 19.6 Å². The summed E-state index contributed by atoms with van der Waals surface area (Å²) in [5.41, 5.74) is 1.15. The third kappa shape index (κ3) is 4.53. The summed E-state index contributed by atoms with van der Waals surface area (Å²) >= 11 is 0. The van der Waals surface area contributed by atoms with Gasteiger partial charge < -0.3 is 4.74 Å². The second-order valence-corrected chi connectivity index (χ2v) is 5.63. The van der Waals surface area contributed by atoms with Crippen molar-refractivity contribution >= 4 is 5.97 Å². The van der Waals surface area contributed by atoms with Gasteiger partial charge in [-0.3, -0.25) is 19.8 Å². The molecule has 0 saturated carbocycles. The Bertz CT molecular complexity index is 506. The number of hydrogen-bond acceptors (Lipinski definition) is 5. The molecule has 0 unspecified atom stereocenters. The van der Waals surface area contributed by atoms with Crippen molar-refractivity contribution in [3.05, 3.63) is 46.0 Å². The van der Waals surface area contributed by atoms with E-state index in [1.54, 1.807) is 6.92 Å². The molecule has 1 aliphatic heterocycles. The monoisotopic (exact) mass is 306 g/mol. The van der Waals surface area contributed by atoms with Gasteiger partial charge in [-0.25, -0.2) is 0 Å². The van der Waals surface area contributed by atoms with Gasteiger partial charge >= 0.3 is 5.97 Å². The molecule has 0 N–H and O–H groups in total. The normalized spacial score (nSPS) is 22.2. The number of likely N-dealkylation sites (tertiary alicyclic amines) is 1. The molecule has 0 spiro atoms. The summed E-state index contributed by atoms with van der Waals surface area (Å²) in [5, 5.41) is 11.3. The standard InChI is InChI=1S/C16H22N2O4/c1-2-22-16(19)10-14-8-9-17(12-15(14)18(20)21)11-13-6-4-3-5-7-13/h3-7,14-15H,2,8-12H2,1H3/t14-,15+/m1/s1. The minimum absolute atomic E-state index is 0.138. The first-order valence-corrected chi connectivity index (χ1v) is 7.65. The Morgan fingerprint density at radius 3 is 2.77 bits per heavy atom. The molecule has 2 atom stereocenters. The molecule has 1 heterocycles. The van der Waals surface area contributed by atoms with Crippen molar-refractivity contribution in [2.45, 2.75) is 32.4 Å². The molecule has 6 heteroatoms.